The summed E-state index contributed by atoms with van der Waals surface area (Å²) in [4.78, 5) is 24.1. The van der Waals surface area contributed by atoms with E-state index in [1.165, 1.54) is 7.11 Å². The standard InChI is InChI=1S/C18H30N2O4/c1-8-9-15(17(22)24-18(3,4)5)19-11-13-10-14(16(21)23-7)12(2)20(13)6/h10,15,19H,8-9,11H2,1-7H3/t15-/m1/s1. The molecule has 0 aliphatic carbocycles. The number of ether oxygens (including phenoxy) is 2. The van der Waals surface area contributed by atoms with Crippen LogP contribution in [-0.4, -0.2) is 35.3 Å². The van der Waals surface area contributed by atoms with Crippen LogP contribution in [0.25, 0.3) is 0 Å². The third kappa shape index (κ3) is 5.37. The Balaban J connectivity index is 2.84. The van der Waals surface area contributed by atoms with E-state index in [9.17, 15) is 9.59 Å². The van der Waals surface area contributed by atoms with E-state index >= 15 is 0 Å². The van der Waals surface area contributed by atoms with Gasteiger partial charge < -0.3 is 14.0 Å². The van der Waals surface area contributed by atoms with Crippen LogP contribution in [0, 0.1) is 6.92 Å². The van der Waals surface area contributed by atoms with E-state index < -0.39 is 5.60 Å². The van der Waals surface area contributed by atoms with Gasteiger partial charge in [0.15, 0.2) is 0 Å². The lowest BCUT2D eigenvalue weighted by Crippen LogP contribution is -2.41. The fourth-order valence-electron chi connectivity index (χ4n) is 2.44. The third-order valence-electron chi connectivity index (χ3n) is 3.84. The summed E-state index contributed by atoms with van der Waals surface area (Å²) in [6, 6.07) is 1.43. The van der Waals surface area contributed by atoms with Gasteiger partial charge in [-0.3, -0.25) is 10.1 Å². The normalized spacial score (nSPS) is 12.8. The Kier molecular flexibility index (Phi) is 7.02. The summed E-state index contributed by atoms with van der Waals surface area (Å²) < 4.78 is 12.2. The minimum absolute atomic E-state index is 0.247. The number of nitrogens with one attached hydrogen (secondary N) is 1. The number of rotatable bonds is 7. The zero-order valence-electron chi connectivity index (χ0n) is 15.9. The summed E-state index contributed by atoms with van der Waals surface area (Å²) in [5, 5.41) is 3.25. The van der Waals surface area contributed by atoms with Crippen molar-refractivity contribution < 1.29 is 19.1 Å². The maximum Gasteiger partial charge on any atom is 0.339 e. The average molecular weight is 338 g/mol. The van der Waals surface area contributed by atoms with Crippen molar-refractivity contribution in [2.45, 2.75) is 65.6 Å². The van der Waals surface area contributed by atoms with E-state index in [0.29, 0.717) is 18.5 Å². The molecule has 0 aromatic carbocycles. The lowest BCUT2D eigenvalue weighted by atomic mass is 10.1. The molecule has 0 saturated heterocycles. The first-order valence-corrected chi connectivity index (χ1v) is 8.30. The lowest BCUT2D eigenvalue weighted by Gasteiger charge is -2.24. The van der Waals surface area contributed by atoms with Gasteiger partial charge in [-0.1, -0.05) is 13.3 Å². The van der Waals surface area contributed by atoms with Crippen molar-refractivity contribution in [2.75, 3.05) is 7.11 Å². The molecule has 6 heteroatoms. The van der Waals surface area contributed by atoms with E-state index in [2.05, 4.69) is 5.32 Å². The molecule has 0 aliphatic heterocycles. The van der Waals surface area contributed by atoms with Crippen LogP contribution in [0.4, 0.5) is 0 Å². The Bertz CT molecular complexity index is 585. The smallest absolute Gasteiger partial charge is 0.339 e. The van der Waals surface area contributed by atoms with Crippen LogP contribution in [0.1, 0.15) is 62.3 Å². The highest BCUT2D eigenvalue weighted by atomic mass is 16.6. The minimum Gasteiger partial charge on any atom is -0.465 e. The van der Waals surface area contributed by atoms with E-state index in [4.69, 9.17) is 9.47 Å². The quantitative estimate of drug-likeness (QED) is 0.774. The molecule has 1 heterocycles. The molecule has 0 unspecified atom stereocenters. The molecule has 1 N–H and O–H groups in total. The van der Waals surface area contributed by atoms with Crippen LogP contribution in [0.5, 0.6) is 0 Å². The predicted octanol–water partition coefficient (Wildman–Crippen LogP) is 2.72. The summed E-state index contributed by atoms with van der Waals surface area (Å²) in [5.41, 5.74) is 1.78. The number of carbonyl (C=O) groups is 2. The number of nitrogens with zero attached hydrogens (tertiary/aromatic N) is 1. The Morgan fingerprint density at radius 2 is 1.96 bits per heavy atom. The molecule has 0 spiro atoms. The topological polar surface area (TPSA) is 69.6 Å². The summed E-state index contributed by atoms with van der Waals surface area (Å²) >= 11 is 0. The summed E-state index contributed by atoms with van der Waals surface area (Å²) in [5.74, 6) is -0.602. The van der Waals surface area contributed by atoms with Crippen LogP contribution in [0.3, 0.4) is 0 Å². The molecule has 1 aromatic heterocycles. The third-order valence-corrected chi connectivity index (χ3v) is 3.84. The van der Waals surface area contributed by atoms with Gasteiger partial charge in [-0.25, -0.2) is 4.79 Å². The molecule has 24 heavy (non-hydrogen) atoms. The second-order valence-corrected chi connectivity index (χ2v) is 6.94. The van der Waals surface area contributed by atoms with Gasteiger partial charge in [0, 0.05) is 25.0 Å². The van der Waals surface area contributed by atoms with Crippen LogP contribution < -0.4 is 5.32 Å². The zero-order chi connectivity index (χ0) is 18.5. The number of hydrogen-bond donors (Lipinski definition) is 1. The van der Waals surface area contributed by atoms with Gasteiger partial charge >= 0.3 is 11.9 Å². The van der Waals surface area contributed by atoms with Crippen molar-refractivity contribution in [3.63, 3.8) is 0 Å². The summed E-state index contributed by atoms with van der Waals surface area (Å²) in [6.07, 6.45) is 1.57. The maximum atomic E-state index is 12.3. The van der Waals surface area contributed by atoms with Gasteiger partial charge in [0.25, 0.3) is 0 Å². The second-order valence-electron chi connectivity index (χ2n) is 6.94. The predicted molar refractivity (Wildman–Crippen MR) is 92.9 cm³/mol. The second kappa shape index (κ2) is 8.33. The van der Waals surface area contributed by atoms with E-state index in [1.54, 1.807) is 6.07 Å². The first-order chi connectivity index (χ1) is 11.1. The molecule has 136 valence electrons. The van der Waals surface area contributed by atoms with Gasteiger partial charge in [0.2, 0.25) is 0 Å². The Labute approximate surface area is 144 Å². The fourth-order valence-corrected chi connectivity index (χ4v) is 2.44. The molecule has 0 radical (unpaired) electrons. The lowest BCUT2D eigenvalue weighted by molar-refractivity contribution is -0.157. The van der Waals surface area contributed by atoms with E-state index in [0.717, 1.165) is 17.8 Å². The molecule has 1 atom stereocenters. The van der Waals surface area contributed by atoms with Crippen molar-refractivity contribution in [3.05, 3.63) is 23.0 Å². The van der Waals surface area contributed by atoms with Crippen molar-refractivity contribution in [1.29, 1.82) is 0 Å². The monoisotopic (exact) mass is 338 g/mol. The molecule has 1 aromatic rings. The number of carbonyl (C=O) groups excluding carboxylic acids is 2. The fraction of sp³-hybridized carbons (Fsp3) is 0.667. The SMILES string of the molecule is CCC[C@@H](NCc1cc(C(=O)OC)c(C)n1C)C(=O)OC(C)(C)C. The molecule has 0 fully saturated rings. The molecule has 0 aliphatic rings. The maximum absolute atomic E-state index is 12.3. The van der Waals surface area contributed by atoms with Crippen molar-refractivity contribution in [3.8, 4) is 0 Å². The molecule has 0 amide bonds. The number of esters is 2. The molecular weight excluding hydrogens is 308 g/mol. The van der Waals surface area contributed by atoms with Crippen LogP contribution in [-0.2, 0) is 27.9 Å². The number of hydrogen-bond acceptors (Lipinski definition) is 5. The zero-order valence-corrected chi connectivity index (χ0v) is 15.9. The Morgan fingerprint density at radius 1 is 1.33 bits per heavy atom. The highest BCUT2D eigenvalue weighted by Crippen LogP contribution is 2.16. The van der Waals surface area contributed by atoms with Crippen molar-refractivity contribution >= 4 is 11.9 Å². The van der Waals surface area contributed by atoms with Crippen LogP contribution in [0.15, 0.2) is 6.07 Å². The van der Waals surface area contributed by atoms with Gasteiger partial charge in [-0.05, 0) is 40.2 Å². The summed E-state index contributed by atoms with van der Waals surface area (Å²) in [7, 11) is 3.26. The summed E-state index contributed by atoms with van der Waals surface area (Å²) in [6.45, 7) is 9.94. The molecule has 6 nitrogen and oxygen atoms in total. The number of methoxy groups -OCH3 is 1. The largest absolute Gasteiger partial charge is 0.465 e. The van der Waals surface area contributed by atoms with E-state index in [1.807, 2.05) is 46.2 Å². The minimum atomic E-state index is -0.510. The van der Waals surface area contributed by atoms with Crippen LogP contribution in [0.2, 0.25) is 0 Å². The van der Waals surface area contributed by atoms with Crippen molar-refractivity contribution in [2.24, 2.45) is 7.05 Å². The van der Waals surface area contributed by atoms with Crippen molar-refractivity contribution in [1.82, 2.24) is 9.88 Å². The van der Waals surface area contributed by atoms with Crippen LogP contribution >= 0.6 is 0 Å². The Hall–Kier alpha value is -1.82. The number of aromatic nitrogens is 1. The van der Waals surface area contributed by atoms with Gasteiger partial charge in [-0.2, -0.15) is 0 Å². The van der Waals surface area contributed by atoms with E-state index in [-0.39, 0.29) is 18.0 Å². The first-order valence-electron chi connectivity index (χ1n) is 8.30. The molecular formula is C18H30N2O4. The van der Waals surface area contributed by atoms with Gasteiger partial charge in [0.1, 0.15) is 11.6 Å². The Morgan fingerprint density at radius 3 is 2.46 bits per heavy atom. The molecule has 1 rings (SSSR count). The molecule has 0 saturated carbocycles. The average Bonchev–Trinajstić information content (AvgIpc) is 2.77. The highest BCUT2D eigenvalue weighted by molar-refractivity contribution is 5.91. The molecule has 0 bridgehead atoms. The van der Waals surface area contributed by atoms with Gasteiger partial charge in [0.05, 0.1) is 12.7 Å². The first kappa shape index (κ1) is 20.2. The highest BCUT2D eigenvalue weighted by Gasteiger charge is 2.25. The van der Waals surface area contributed by atoms with Gasteiger partial charge in [-0.15, -0.1) is 0 Å².